The molecule has 0 aromatic heterocycles. The van der Waals surface area contributed by atoms with Crippen molar-refractivity contribution in [1.29, 1.82) is 5.26 Å². The largest absolute Gasteiger partial charge is 0.326 e. The van der Waals surface area contributed by atoms with Crippen molar-refractivity contribution in [3.8, 4) is 6.07 Å². The van der Waals surface area contributed by atoms with Gasteiger partial charge in [-0.1, -0.05) is 29.8 Å². The van der Waals surface area contributed by atoms with Crippen LogP contribution in [0.15, 0.2) is 36.4 Å². The van der Waals surface area contributed by atoms with E-state index in [4.69, 9.17) is 16.9 Å². The highest BCUT2D eigenvalue weighted by Gasteiger charge is 2.31. The molecule has 120 valence electrons. The minimum absolute atomic E-state index is 0.0243. The van der Waals surface area contributed by atoms with Gasteiger partial charge in [0, 0.05) is 12.1 Å². The zero-order chi connectivity index (χ0) is 17.3. The van der Waals surface area contributed by atoms with Crippen LogP contribution in [0.3, 0.4) is 0 Å². The van der Waals surface area contributed by atoms with E-state index < -0.39 is 17.6 Å². The maximum absolute atomic E-state index is 13.3. The minimum Gasteiger partial charge on any atom is -0.326 e. The van der Waals surface area contributed by atoms with Crippen LogP contribution >= 0.6 is 11.6 Å². The van der Waals surface area contributed by atoms with E-state index in [1.165, 1.54) is 0 Å². The monoisotopic (exact) mass is 343 g/mol. The molecule has 1 unspecified atom stereocenters. The van der Waals surface area contributed by atoms with Crippen LogP contribution in [0.2, 0.25) is 5.02 Å². The number of nitrogens with one attached hydrogen (secondary N) is 2. The van der Waals surface area contributed by atoms with Gasteiger partial charge in [0.2, 0.25) is 11.8 Å². The van der Waals surface area contributed by atoms with Crippen LogP contribution in [0.25, 0.3) is 0 Å². The zero-order valence-corrected chi connectivity index (χ0v) is 13.0. The molecule has 0 aliphatic carbocycles. The SMILES string of the molecule is N#Cc1cc(F)cc(Cl)c1NC(=O)C1CC(=O)Nc2ccccc21. The minimum atomic E-state index is -0.720. The third-order valence-corrected chi connectivity index (χ3v) is 4.04. The van der Waals surface area contributed by atoms with Crippen molar-refractivity contribution in [2.45, 2.75) is 12.3 Å². The summed E-state index contributed by atoms with van der Waals surface area (Å²) in [5, 5.41) is 14.3. The van der Waals surface area contributed by atoms with Crippen molar-refractivity contribution in [1.82, 2.24) is 0 Å². The van der Waals surface area contributed by atoms with Crippen molar-refractivity contribution in [2.75, 3.05) is 10.6 Å². The predicted molar refractivity (Wildman–Crippen MR) is 87.2 cm³/mol. The zero-order valence-electron chi connectivity index (χ0n) is 12.3. The molecule has 7 heteroatoms. The predicted octanol–water partition coefficient (Wildman–Crippen LogP) is 3.42. The number of carbonyl (C=O) groups excluding carboxylic acids is 2. The molecule has 2 N–H and O–H groups in total. The number of hydrogen-bond donors (Lipinski definition) is 2. The lowest BCUT2D eigenvalue weighted by Crippen LogP contribution is -2.31. The Morgan fingerprint density at radius 3 is 2.88 bits per heavy atom. The summed E-state index contributed by atoms with van der Waals surface area (Å²) in [7, 11) is 0. The van der Waals surface area contributed by atoms with Gasteiger partial charge in [-0.15, -0.1) is 0 Å². The fourth-order valence-electron chi connectivity index (χ4n) is 2.64. The Morgan fingerprint density at radius 1 is 1.38 bits per heavy atom. The molecule has 1 heterocycles. The Hall–Kier alpha value is -2.91. The van der Waals surface area contributed by atoms with Crippen LogP contribution in [0.4, 0.5) is 15.8 Å². The van der Waals surface area contributed by atoms with Gasteiger partial charge in [-0.2, -0.15) is 5.26 Å². The number of carbonyl (C=O) groups is 2. The molecule has 2 aromatic rings. The Labute approximate surface area is 142 Å². The normalized spacial score (nSPS) is 15.9. The highest BCUT2D eigenvalue weighted by Crippen LogP contribution is 2.34. The molecule has 0 saturated carbocycles. The smallest absolute Gasteiger partial charge is 0.232 e. The molecule has 0 spiro atoms. The molecule has 24 heavy (non-hydrogen) atoms. The van der Waals surface area contributed by atoms with Crippen LogP contribution in [-0.2, 0) is 9.59 Å². The maximum atomic E-state index is 13.3. The second-order valence-electron chi connectivity index (χ2n) is 5.30. The van der Waals surface area contributed by atoms with Gasteiger partial charge in [0.05, 0.1) is 22.2 Å². The highest BCUT2D eigenvalue weighted by molar-refractivity contribution is 6.34. The highest BCUT2D eigenvalue weighted by atomic mass is 35.5. The van der Waals surface area contributed by atoms with Crippen LogP contribution in [0, 0.1) is 17.1 Å². The second kappa shape index (κ2) is 6.30. The molecule has 3 rings (SSSR count). The van der Waals surface area contributed by atoms with Gasteiger partial charge in [0.1, 0.15) is 11.9 Å². The standard InChI is InChI=1S/C17H11ClFN3O2/c18-13-6-10(19)5-9(8-20)16(13)22-17(24)12-7-15(23)21-14-4-2-1-3-11(12)14/h1-6,12H,7H2,(H,21,23)(H,22,24). The van der Waals surface area contributed by atoms with Gasteiger partial charge in [-0.05, 0) is 23.8 Å². The average molecular weight is 344 g/mol. The first-order valence-corrected chi connectivity index (χ1v) is 7.46. The van der Waals surface area contributed by atoms with E-state index in [0.717, 1.165) is 12.1 Å². The summed E-state index contributed by atoms with van der Waals surface area (Å²) < 4.78 is 13.3. The molecule has 1 atom stereocenters. The van der Waals surface area contributed by atoms with Gasteiger partial charge in [0.25, 0.3) is 0 Å². The Bertz CT molecular complexity index is 892. The molecular weight excluding hydrogens is 333 g/mol. The van der Waals surface area contributed by atoms with Crippen molar-refractivity contribution in [3.05, 3.63) is 58.4 Å². The van der Waals surface area contributed by atoms with Gasteiger partial charge in [-0.3, -0.25) is 9.59 Å². The topological polar surface area (TPSA) is 82.0 Å². The molecule has 2 amide bonds. The van der Waals surface area contributed by atoms with E-state index in [1.54, 1.807) is 30.3 Å². The Balaban J connectivity index is 1.95. The number of nitriles is 1. The molecular formula is C17H11ClFN3O2. The first kappa shape index (κ1) is 16.0. The number of nitrogens with zero attached hydrogens (tertiary/aromatic N) is 1. The molecule has 2 aromatic carbocycles. The number of benzene rings is 2. The number of hydrogen-bond acceptors (Lipinski definition) is 3. The fraction of sp³-hybridized carbons (Fsp3) is 0.118. The maximum Gasteiger partial charge on any atom is 0.232 e. The van der Waals surface area contributed by atoms with E-state index in [-0.39, 0.29) is 28.6 Å². The van der Waals surface area contributed by atoms with E-state index in [0.29, 0.717) is 11.3 Å². The number of halogens is 2. The van der Waals surface area contributed by atoms with E-state index in [1.807, 2.05) is 0 Å². The summed E-state index contributed by atoms with van der Waals surface area (Å²) in [6, 6.07) is 10.8. The van der Waals surface area contributed by atoms with E-state index in [2.05, 4.69) is 10.6 Å². The summed E-state index contributed by atoms with van der Waals surface area (Å²) in [6.45, 7) is 0. The van der Waals surface area contributed by atoms with Crippen molar-refractivity contribution in [3.63, 3.8) is 0 Å². The number of rotatable bonds is 2. The van der Waals surface area contributed by atoms with Gasteiger partial charge in [0.15, 0.2) is 0 Å². The quantitative estimate of drug-likeness (QED) is 0.876. The fourth-order valence-corrected chi connectivity index (χ4v) is 2.90. The third-order valence-electron chi connectivity index (χ3n) is 3.74. The lowest BCUT2D eigenvalue weighted by Gasteiger charge is -2.25. The second-order valence-corrected chi connectivity index (χ2v) is 5.71. The van der Waals surface area contributed by atoms with Gasteiger partial charge in [-0.25, -0.2) is 4.39 Å². The first-order chi connectivity index (χ1) is 11.5. The molecule has 1 aliphatic heterocycles. The third kappa shape index (κ3) is 2.94. The molecule has 0 saturated heterocycles. The number of anilines is 2. The average Bonchev–Trinajstić information content (AvgIpc) is 2.56. The molecule has 0 radical (unpaired) electrons. The lowest BCUT2D eigenvalue weighted by atomic mass is 9.89. The number of para-hydroxylation sites is 1. The molecule has 0 fully saturated rings. The van der Waals surface area contributed by atoms with E-state index >= 15 is 0 Å². The summed E-state index contributed by atoms with van der Waals surface area (Å²) in [5.41, 5.74) is 1.20. The molecule has 1 aliphatic rings. The van der Waals surface area contributed by atoms with Gasteiger partial charge < -0.3 is 10.6 Å². The first-order valence-electron chi connectivity index (χ1n) is 7.08. The van der Waals surface area contributed by atoms with Crippen LogP contribution in [-0.4, -0.2) is 11.8 Å². The van der Waals surface area contributed by atoms with Crippen molar-refractivity contribution < 1.29 is 14.0 Å². The Kier molecular flexibility index (Phi) is 4.19. The van der Waals surface area contributed by atoms with Gasteiger partial charge >= 0.3 is 0 Å². The van der Waals surface area contributed by atoms with Crippen molar-refractivity contribution >= 4 is 34.8 Å². The Morgan fingerprint density at radius 2 is 2.12 bits per heavy atom. The summed E-state index contributed by atoms with van der Waals surface area (Å²) in [6.07, 6.45) is -0.0243. The van der Waals surface area contributed by atoms with Crippen LogP contribution in [0.1, 0.15) is 23.5 Å². The summed E-state index contributed by atoms with van der Waals surface area (Å²) in [5.74, 6) is -2.15. The number of fused-ring (bicyclic) bond motifs is 1. The molecule has 0 bridgehead atoms. The van der Waals surface area contributed by atoms with Crippen LogP contribution < -0.4 is 10.6 Å². The lowest BCUT2D eigenvalue weighted by molar-refractivity contribution is -0.123. The van der Waals surface area contributed by atoms with E-state index in [9.17, 15) is 14.0 Å². The number of amides is 2. The summed E-state index contributed by atoms with van der Waals surface area (Å²) in [4.78, 5) is 24.4. The van der Waals surface area contributed by atoms with Crippen LogP contribution in [0.5, 0.6) is 0 Å². The van der Waals surface area contributed by atoms with Crippen molar-refractivity contribution in [2.24, 2.45) is 0 Å². The molecule has 5 nitrogen and oxygen atoms in total. The summed E-state index contributed by atoms with van der Waals surface area (Å²) >= 11 is 5.94.